The Balaban J connectivity index is 1.99. The highest BCUT2D eigenvalue weighted by atomic mass is 16.4. The summed E-state index contributed by atoms with van der Waals surface area (Å²) in [6.45, 7) is 7.50. The molecule has 2 saturated carbocycles. The van der Waals surface area contributed by atoms with Crippen molar-refractivity contribution in [2.45, 2.75) is 51.9 Å². The first-order chi connectivity index (χ1) is 11.5. The number of aliphatic hydroxyl groups is 4. The van der Waals surface area contributed by atoms with Gasteiger partial charge >= 0.3 is 0 Å². The first-order valence-corrected chi connectivity index (χ1v) is 9.18. The molecule has 138 valence electrons. The molecule has 4 N–H and O–H groups in total. The lowest BCUT2D eigenvalue weighted by Gasteiger charge is -2.48. The molecule has 4 aliphatic carbocycles. The van der Waals surface area contributed by atoms with Gasteiger partial charge in [-0.05, 0) is 47.7 Å². The topological polar surface area (TPSA) is 98.0 Å². The van der Waals surface area contributed by atoms with Crippen LogP contribution in [0.5, 0.6) is 0 Å². The molecule has 4 aliphatic rings. The molecule has 1 spiro atoms. The highest BCUT2D eigenvalue weighted by Gasteiger charge is 2.75. The predicted molar refractivity (Wildman–Crippen MR) is 91.4 cm³/mol. The third kappa shape index (κ3) is 1.71. The van der Waals surface area contributed by atoms with Gasteiger partial charge < -0.3 is 20.4 Å². The van der Waals surface area contributed by atoms with E-state index in [1.165, 1.54) is 0 Å². The Morgan fingerprint density at radius 3 is 2.48 bits per heavy atom. The van der Waals surface area contributed by atoms with Gasteiger partial charge in [0.15, 0.2) is 5.78 Å². The van der Waals surface area contributed by atoms with Crippen LogP contribution in [0.4, 0.5) is 0 Å². The Kier molecular flexibility index (Phi) is 3.36. The maximum atomic E-state index is 13.7. The smallest absolute Gasteiger partial charge is 0.153 e. The molecule has 5 heteroatoms. The highest BCUT2D eigenvalue weighted by molar-refractivity contribution is 5.95. The standard InChI is InChI=1S/C20H28O5/c1-9-7-19-10(2)5-13-14(18(13,3)4)12(17(19)24)6-11(8-21)16(23)20(19,25)15(9)22/h6-7,10,12-16,21-23,25H,5,8H2,1-4H3/t10-,12+,13-,14+,15+,16-,19?,20-/m1/s1. The second-order valence-corrected chi connectivity index (χ2v) is 9.27. The fourth-order valence-electron chi connectivity index (χ4n) is 6.43. The summed E-state index contributed by atoms with van der Waals surface area (Å²) in [6.07, 6.45) is 1.34. The molecule has 4 rings (SSSR count). The van der Waals surface area contributed by atoms with Crippen LogP contribution in [0.3, 0.4) is 0 Å². The van der Waals surface area contributed by atoms with E-state index < -0.39 is 35.7 Å². The summed E-state index contributed by atoms with van der Waals surface area (Å²) >= 11 is 0. The summed E-state index contributed by atoms with van der Waals surface area (Å²) in [4.78, 5) is 13.7. The van der Waals surface area contributed by atoms with Crippen LogP contribution in [0.15, 0.2) is 23.3 Å². The van der Waals surface area contributed by atoms with Gasteiger partial charge in [0.1, 0.15) is 17.8 Å². The lowest BCUT2D eigenvalue weighted by Crippen LogP contribution is -2.65. The zero-order chi connectivity index (χ0) is 18.5. The summed E-state index contributed by atoms with van der Waals surface area (Å²) in [5.74, 6) is -0.288. The van der Waals surface area contributed by atoms with Crippen molar-refractivity contribution in [3.8, 4) is 0 Å². The summed E-state index contributed by atoms with van der Waals surface area (Å²) < 4.78 is 0. The van der Waals surface area contributed by atoms with Crippen molar-refractivity contribution in [1.29, 1.82) is 0 Å². The van der Waals surface area contributed by atoms with Crippen molar-refractivity contribution in [3.05, 3.63) is 23.3 Å². The molecule has 8 atom stereocenters. The number of carbonyl (C=O) groups is 1. The minimum absolute atomic E-state index is 0.0245. The Bertz CT molecular complexity index is 707. The van der Waals surface area contributed by atoms with E-state index in [9.17, 15) is 25.2 Å². The molecule has 0 amide bonds. The van der Waals surface area contributed by atoms with Gasteiger partial charge in [0.25, 0.3) is 0 Å². The van der Waals surface area contributed by atoms with Gasteiger partial charge in [0, 0.05) is 5.92 Å². The van der Waals surface area contributed by atoms with Crippen LogP contribution in [0.2, 0.25) is 0 Å². The number of fused-ring (bicyclic) bond motifs is 3. The van der Waals surface area contributed by atoms with Crippen molar-refractivity contribution in [2.75, 3.05) is 6.61 Å². The van der Waals surface area contributed by atoms with Crippen molar-refractivity contribution < 1.29 is 25.2 Å². The van der Waals surface area contributed by atoms with Crippen LogP contribution in [0.25, 0.3) is 0 Å². The molecule has 2 fully saturated rings. The molecule has 0 aromatic carbocycles. The Morgan fingerprint density at radius 2 is 1.88 bits per heavy atom. The van der Waals surface area contributed by atoms with Crippen molar-refractivity contribution in [2.24, 2.45) is 34.5 Å². The van der Waals surface area contributed by atoms with Crippen LogP contribution in [0.1, 0.15) is 34.1 Å². The van der Waals surface area contributed by atoms with E-state index in [1.54, 1.807) is 19.1 Å². The molecule has 0 radical (unpaired) electrons. The maximum absolute atomic E-state index is 13.7. The van der Waals surface area contributed by atoms with E-state index in [1.807, 2.05) is 6.92 Å². The van der Waals surface area contributed by atoms with E-state index in [4.69, 9.17) is 0 Å². The van der Waals surface area contributed by atoms with Gasteiger partial charge in [-0.15, -0.1) is 0 Å². The maximum Gasteiger partial charge on any atom is 0.153 e. The summed E-state index contributed by atoms with van der Waals surface area (Å²) in [7, 11) is 0. The zero-order valence-electron chi connectivity index (χ0n) is 15.2. The van der Waals surface area contributed by atoms with Crippen molar-refractivity contribution in [3.63, 3.8) is 0 Å². The molecule has 1 unspecified atom stereocenters. The van der Waals surface area contributed by atoms with Crippen molar-refractivity contribution >= 4 is 5.78 Å². The molecule has 0 heterocycles. The monoisotopic (exact) mass is 348 g/mol. The number of hydrogen-bond donors (Lipinski definition) is 4. The third-order valence-corrected chi connectivity index (χ3v) is 7.93. The normalized spacial score (nSPS) is 53.2. The number of carbonyl (C=O) groups excluding carboxylic acids is 1. The summed E-state index contributed by atoms with van der Waals surface area (Å²) in [5, 5.41) is 43.0. The minimum atomic E-state index is -2.03. The van der Waals surface area contributed by atoms with Crippen LogP contribution in [-0.2, 0) is 4.79 Å². The number of aliphatic hydroxyl groups excluding tert-OH is 3. The highest BCUT2D eigenvalue weighted by Crippen LogP contribution is 2.71. The zero-order valence-corrected chi connectivity index (χ0v) is 15.2. The van der Waals surface area contributed by atoms with Crippen molar-refractivity contribution in [1.82, 2.24) is 0 Å². The SMILES string of the molecule is CC1=CC23C(=O)[C@@H](C=C(CO)[C@@H](O)[C@]2(O)[C@H]1O)[C@H]1[C@@H](C[C@H]3C)C1(C)C. The molecular weight excluding hydrogens is 320 g/mol. The molecule has 0 aromatic rings. The van der Waals surface area contributed by atoms with E-state index in [0.717, 1.165) is 6.42 Å². The summed E-state index contributed by atoms with van der Waals surface area (Å²) in [6, 6.07) is 0. The second kappa shape index (κ2) is 4.83. The number of Topliss-reactive ketones (excluding diaryl/α,β-unsaturated/α-hetero) is 1. The van der Waals surface area contributed by atoms with E-state index >= 15 is 0 Å². The van der Waals surface area contributed by atoms with Crippen LogP contribution >= 0.6 is 0 Å². The number of hydrogen-bond acceptors (Lipinski definition) is 5. The third-order valence-electron chi connectivity index (χ3n) is 7.93. The Labute approximate surface area is 148 Å². The number of rotatable bonds is 1. The van der Waals surface area contributed by atoms with Gasteiger partial charge in [0.2, 0.25) is 0 Å². The predicted octanol–water partition coefficient (Wildman–Crippen LogP) is 0.815. The van der Waals surface area contributed by atoms with E-state index in [0.29, 0.717) is 11.5 Å². The Morgan fingerprint density at radius 1 is 1.24 bits per heavy atom. The molecule has 5 nitrogen and oxygen atoms in total. The molecule has 0 aromatic heterocycles. The number of allylic oxidation sites excluding steroid dienone is 1. The minimum Gasteiger partial charge on any atom is -0.392 e. The van der Waals surface area contributed by atoms with Gasteiger partial charge in [-0.3, -0.25) is 4.79 Å². The Hall–Kier alpha value is -1.01. The quantitative estimate of drug-likeness (QED) is 0.526. The van der Waals surface area contributed by atoms with E-state index in [-0.39, 0.29) is 28.6 Å². The van der Waals surface area contributed by atoms with Gasteiger partial charge in [-0.25, -0.2) is 0 Å². The second-order valence-electron chi connectivity index (χ2n) is 9.27. The number of ketones is 1. The molecular formula is C20H28O5. The molecule has 25 heavy (non-hydrogen) atoms. The van der Waals surface area contributed by atoms with Gasteiger partial charge in [0.05, 0.1) is 12.0 Å². The summed E-state index contributed by atoms with van der Waals surface area (Å²) in [5.41, 5.74) is -2.58. The van der Waals surface area contributed by atoms with Crippen LogP contribution < -0.4 is 0 Å². The van der Waals surface area contributed by atoms with Gasteiger partial charge in [-0.2, -0.15) is 0 Å². The largest absolute Gasteiger partial charge is 0.392 e. The fourth-order valence-corrected chi connectivity index (χ4v) is 6.43. The average molecular weight is 348 g/mol. The molecule has 2 bridgehead atoms. The average Bonchev–Trinajstić information content (AvgIpc) is 3.05. The first-order valence-electron chi connectivity index (χ1n) is 9.18. The van der Waals surface area contributed by atoms with Crippen LogP contribution in [0, 0.1) is 34.5 Å². The van der Waals surface area contributed by atoms with Gasteiger partial charge in [-0.1, -0.05) is 32.9 Å². The fraction of sp³-hybridized carbons (Fsp3) is 0.750. The van der Waals surface area contributed by atoms with E-state index in [2.05, 4.69) is 13.8 Å². The first kappa shape index (κ1) is 17.4. The molecule has 0 aliphatic heterocycles. The van der Waals surface area contributed by atoms with Crippen LogP contribution in [-0.4, -0.2) is 50.6 Å². The lowest BCUT2D eigenvalue weighted by atomic mass is 9.59. The molecule has 0 saturated heterocycles. The lowest BCUT2D eigenvalue weighted by molar-refractivity contribution is -0.190.